The van der Waals surface area contributed by atoms with Crippen molar-refractivity contribution in [3.63, 3.8) is 0 Å². The van der Waals surface area contributed by atoms with E-state index in [2.05, 4.69) is 68.0 Å². The van der Waals surface area contributed by atoms with Gasteiger partial charge in [-0.05, 0) is 112 Å². The molecular formula is C38H45Br2N9O6. The Balaban J connectivity index is 1.08. The molecule has 7 rings (SSSR count). The van der Waals surface area contributed by atoms with Gasteiger partial charge in [-0.2, -0.15) is 0 Å². The second-order valence-corrected chi connectivity index (χ2v) is 16.2. The van der Waals surface area contributed by atoms with Crippen molar-refractivity contribution in [1.29, 1.82) is 0 Å². The molecule has 55 heavy (non-hydrogen) atoms. The minimum atomic E-state index is -1.06. The lowest BCUT2D eigenvalue weighted by atomic mass is 9.83. The Morgan fingerprint density at radius 2 is 1.62 bits per heavy atom. The van der Waals surface area contributed by atoms with E-state index in [1.807, 2.05) is 23.1 Å². The van der Waals surface area contributed by atoms with Gasteiger partial charge in [-0.3, -0.25) is 19.9 Å². The molecule has 2 unspecified atom stereocenters. The minimum absolute atomic E-state index is 0.0167. The maximum Gasteiger partial charge on any atom is 0.413 e. The van der Waals surface area contributed by atoms with Gasteiger partial charge < -0.3 is 40.5 Å². The van der Waals surface area contributed by atoms with Gasteiger partial charge in [-0.15, -0.1) is 0 Å². The zero-order valence-corrected chi connectivity index (χ0v) is 33.5. The van der Waals surface area contributed by atoms with Crippen LogP contribution in [0.1, 0.15) is 43.2 Å². The Bertz CT molecular complexity index is 1860. The number of anilines is 2. The lowest BCUT2D eigenvalue weighted by Gasteiger charge is -2.43. The molecule has 4 aliphatic rings. The van der Waals surface area contributed by atoms with E-state index < -0.39 is 35.7 Å². The second kappa shape index (κ2) is 17.1. The minimum Gasteiger partial charge on any atom is -0.506 e. The summed E-state index contributed by atoms with van der Waals surface area (Å²) in [4.78, 5) is 69.2. The van der Waals surface area contributed by atoms with Crippen molar-refractivity contribution >= 4 is 67.3 Å². The summed E-state index contributed by atoms with van der Waals surface area (Å²) < 4.78 is 6.68. The number of urea groups is 1. The fourth-order valence-corrected chi connectivity index (χ4v) is 9.28. The van der Waals surface area contributed by atoms with E-state index >= 15 is 0 Å². The van der Waals surface area contributed by atoms with Crippen molar-refractivity contribution in [2.45, 2.75) is 56.2 Å². The number of phenolic OH excluding ortho intramolecular Hbond substituents is 1. The van der Waals surface area contributed by atoms with Crippen LogP contribution in [0.5, 0.6) is 5.75 Å². The molecule has 2 atom stereocenters. The van der Waals surface area contributed by atoms with Crippen molar-refractivity contribution < 1.29 is 29.0 Å². The largest absolute Gasteiger partial charge is 0.506 e. The van der Waals surface area contributed by atoms with Crippen LogP contribution in [0.15, 0.2) is 63.9 Å². The standard InChI is InChI=1S/C38H45Br2N9O6/c39-28-20-25(21-29(40)32(28)50)23-30(45-36(53)49-14-7-38(8-15-49)27-2-1-9-43-33(27)46-37(54)55-38)34(51)44-31(22-24-3-10-41-11-4-24)35(52)48-18-16-47(17-19-48)26-5-12-42-13-6-26/h1-2,5-6,9,12-13,20-21,24,30-31,41,50H,3-4,7-8,10-11,14-19,22-23H2,(H,44,51)(H,45,53)(H,43,46,54). The highest BCUT2D eigenvalue weighted by Crippen LogP contribution is 2.42. The number of carbonyl (C=O) groups is 4. The van der Waals surface area contributed by atoms with E-state index in [0.29, 0.717) is 65.8 Å². The first-order chi connectivity index (χ1) is 26.6. The van der Waals surface area contributed by atoms with E-state index in [1.54, 1.807) is 41.7 Å². The molecule has 5 N–H and O–H groups in total. The molecule has 3 aromatic rings. The number of nitrogens with zero attached hydrogens (tertiary/aromatic N) is 5. The van der Waals surface area contributed by atoms with Crippen LogP contribution in [-0.2, 0) is 26.3 Å². The first-order valence-corrected chi connectivity index (χ1v) is 20.3. The lowest BCUT2D eigenvalue weighted by Crippen LogP contribution is -2.59. The second-order valence-electron chi connectivity index (χ2n) is 14.5. The van der Waals surface area contributed by atoms with Crippen molar-refractivity contribution in [2.24, 2.45) is 5.92 Å². The molecule has 6 heterocycles. The number of pyridine rings is 2. The maximum atomic E-state index is 14.4. The van der Waals surface area contributed by atoms with Crippen LogP contribution in [0.3, 0.4) is 0 Å². The number of hydrogen-bond acceptors (Lipinski definition) is 10. The molecule has 17 heteroatoms. The predicted octanol–water partition coefficient (Wildman–Crippen LogP) is 4.10. The third-order valence-corrected chi connectivity index (χ3v) is 12.3. The molecule has 0 saturated carbocycles. The SMILES string of the molecule is O=C1Nc2ncccc2C2(CCN(C(=O)NC(Cc3cc(Br)c(O)c(Br)c3)C(=O)NC(CC3CCNCC3)C(=O)N3CCN(c4ccncc4)CC3)CC2)O1. The molecule has 1 spiro atoms. The Kier molecular flexibility index (Phi) is 12.1. The predicted molar refractivity (Wildman–Crippen MR) is 212 cm³/mol. The Morgan fingerprint density at radius 1 is 0.927 bits per heavy atom. The van der Waals surface area contributed by atoms with Crippen molar-refractivity contribution in [2.75, 3.05) is 62.6 Å². The summed E-state index contributed by atoms with van der Waals surface area (Å²) in [7, 11) is 0. The van der Waals surface area contributed by atoms with Gasteiger partial charge in [0.15, 0.2) is 0 Å². The van der Waals surface area contributed by atoms with Gasteiger partial charge >= 0.3 is 12.1 Å². The van der Waals surface area contributed by atoms with Crippen molar-refractivity contribution in [1.82, 2.24) is 35.7 Å². The Labute approximate surface area is 336 Å². The van der Waals surface area contributed by atoms with Gasteiger partial charge in [0.25, 0.3) is 0 Å². The number of carbonyl (C=O) groups excluding carboxylic acids is 4. The Hall–Kier alpha value is -4.48. The van der Waals surface area contributed by atoms with Crippen molar-refractivity contribution in [3.05, 3.63) is 75.1 Å². The van der Waals surface area contributed by atoms with Gasteiger partial charge in [0.1, 0.15) is 29.3 Å². The lowest BCUT2D eigenvalue weighted by molar-refractivity contribution is -0.137. The summed E-state index contributed by atoms with van der Waals surface area (Å²) >= 11 is 6.77. The number of phenols is 1. The average molecular weight is 884 g/mol. The normalized spacial score (nSPS) is 19.5. The number of fused-ring (bicyclic) bond motifs is 2. The number of ether oxygens (including phenoxy) is 1. The van der Waals surface area contributed by atoms with Crippen LogP contribution in [0.4, 0.5) is 21.1 Å². The topological polar surface area (TPSA) is 181 Å². The summed E-state index contributed by atoms with van der Waals surface area (Å²) in [5, 5.41) is 22.4. The number of aromatic hydroxyl groups is 1. The van der Waals surface area contributed by atoms with E-state index in [9.17, 15) is 24.3 Å². The summed E-state index contributed by atoms with van der Waals surface area (Å²) in [5.74, 6) is 0.105. The number of piperazine rings is 1. The number of aromatic nitrogens is 2. The number of rotatable bonds is 9. The molecule has 3 saturated heterocycles. The van der Waals surface area contributed by atoms with Gasteiger partial charge in [-0.25, -0.2) is 14.6 Å². The molecule has 0 radical (unpaired) electrons. The summed E-state index contributed by atoms with van der Waals surface area (Å²) in [6.45, 7) is 4.56. The van der Waals surface area contributed by atoms with Crippen LogP contribution < -0.4 is 26.2 Å². The quantitative estimate of drug-likeness (QED) is 0.210. The summed E-state index contributed by atoms with van der Waals surface area (Å²) in [6.07, 6.45) is 7.60. The fraction of sp³-hybridized carbons (Fsp3) is 0.474. The fourth-order valence-electron chi connectivity index (χ4n) is 8.00. The molecule has 5 amide bonds. The van der Waals surface area contributed by atoms with Crippen molar-refractivity contribution in [3.8, 4) is 5.75 Å². The van der Waals surface area contributed by atoms with Gasteiger partial charge in [0.2, 0.25) is 11.8 Å². The molecule has 2 aromatic heterocycles. The molecule has 3 fully saturated rings. The Morgan fingerprint density at radius 3 is 2.31 bits per heavy atom. The molecule has 4 aliphatic heterocycles. The highest BCUT2D eigenvalue weighted by atomic mass is 79.9. The van der Waals surface area contributed by atoms with Crippen LogP contribution in [-0.4, -0.2) is 113 Å². The monoisotopic (exact) mass is 881 g/mol. The van der Waals surface area contributed by atoms with E-state index in [0.717, 1.165) is 37.2 Å². The van der Waals surface area contributed by atoms with Crippen LogP contribution >= 0.6 is 31.9 Å². The summed E-state index contributed by atoms with van der Waals surface area (Å²) in [5.41, 5.74) is 1.57. The molecule has 292 valence electrons. The first-order valence-electron chi connectivity index (χ1n) is 18.7. The van der Waals surface area contributed by atoms with E-state index in [4.69, 9.17) is 4.74 Å². The van der Waals surface area contributed by atoms with Gasteiger partial charge in [0.05, 0.1) is 8.95 Å². The number of halogens is 2. The highest BCUT2D eigenvalue weighted by Gasteiger charge is 2.46. The summed E-state index contributed by atoms with van der Waals surface area (Å²) in [6, 6.07) is 8.69. The third-order valence-electron chi connectivity index (χ3n) is 11.1. The third kappa shape index (κ3) is 8.99. The average Bonchev–Trinajstić information content (AvgIpc) is 3.20. The molecule has 0 aliphatic carbocycles. The smallest absolute Gasteiger partial charge is 0.413 e. The van der Waals surface area contributed by atoms with Gasteiger partial charge in [0, 0.05) is 88.4 Å². The first kappa shape index (κ1) is 38.8. The van der Waals surface area contributed by atoms with E-state index in [-0.39, 0.29) is 37.1 Å². The molecular weight excluding hydrogens is 838 g/mol. The van der Waals surface area contributed by atoms with Crippen LogP contribution in [0, 0.1) is 5.92 Å². The molecule has 1 aromatic carbocycles. The zero-order valence-electron chi connectivity index (χ0n) is 30.3. The molecule has 0 bridgehead atoms. The number of benzene rings is 1. The zero-order chi connectivity index (χ0) is 38.5. The number of amides is 5. The van der Waals surface area contributed by atoms with Gasteiger partial charge in [-0.1, -0.05) is 0 Å². The van der Waals surface area contributed by atoms with E-state index in [1.165, 1.54) is 0 Å². The number of likely N-dealkylation sites (tertiary alicyclic amines) is 1. The number of hydrogen-bond donors (Lipinski definition) is 5. The molecule has 15 nitrogen and oxygen atoms in total. The highest BCUT2D eigenvalue weighted by molar-refractivity contribution is 9.11. The van der Waals surface area contributed by atoms with Crippen LogP contribution in [0.25, 0.3) is 0 Å². The van der Waals surface area contributed by atoms with Crippen LogP contribution in [0.2, 0.25) is 0 Å². The number of nitrogens with one attached hydrogen (secondary N) is 4. The number of piperidine rings is 2. The maximum absolute atomic E-state index is 14.4.